The van der Waals surface area contributed by atoms with Gasteiger partial charge in [0.25, 0.3) is 5.89 Å². The molecule has 1 N–H and O–H groups in total. The minimum Gasteiger partial charge on any atom is -0.352 e. The molecule has 1 fully saturated rings. The molecular weight excluding hydrogens is 347 g/mol. The predicted molar refractivity (Wildman–Crippen MR) is 98.1 cm³/mol. The Labute approximate surface area is 156 Å². The fourth-order valence-corrected chi connectivity index (χ4v) is 3.46. The van der Waals surface area contributed by atoms with Crippen molar-refractivity contribution in [3.63, 3.8) is 0 Å². The van der Waals surface area contributed by atoms with Crippen LogP contribution in [0.4, 0.5) is 4.39 Å². The van der Waals surface area contributed by atoms with Gasteiger partial charge in [-0.15, -0.1) is 0 Å². The highest BCUT2D eigenvalue weighted by atomic mass is 19.1. The minimum absolute atomic E-state index is 0.0161. The minimum atomic E-state index is -0.319. The number of nitrogens with one attached hydrogen (secondary N) is 1. The summed E-state index contributed by atoms with van der Waals surface area (Å²) < 4.78 is 20.2. The monoisotopic (exact) mass is 368 g/mol. The zero-order chi connectivity index (χ0) is 18.6. The van der Waals surface area contributed by atoms with Gasteiger partial charge in [0.1, 0.15) is 18.1 Å². The number of halogens is 1. The molecule has 1 aliphatic carbocycles. The van der Waals surface area contributed by atoms with E-state index in [1.54, 1.807) is 16.7 Å². The highest BCUT2D eigenvalue weighted by molar-refractivity contribution is 5.76. The molecule has 4 rings (SSSR count). The van der Waals surface area contributed by atoms with Crippen LogP contribution in [-0.4, -0.2) is 26.7 Å². The van der Waals surface area contributed by atoms with Crippen molar-refractivity contribution in [1.29, 1.82) is 0 Å². The molecule has 1 aromatic carbocycles. The number of carbonyl (C=O) groups is 1. The second-order valence-corrected chi connectivity index (χ2v) is 6.85. The molecule has 2 aromatic heterocycles. The first-order valence-electron chi connectivity index (χ1n) is 9.23. The second-order valence-electron chi connectivity index (χ2n) is 6.85. The molecule has 0 radical (unpaired) electrons. The number of carbonyl (C=O) groups excluding carboxylic acids is 1. The van der Waals surface area contributed by atoms with Crippen molar-refractivity contribution in [2.45, 2.75) is 44.7 Å². The first-order chi connectivity index (χ1) is 13.2. The van der Waals surface area contributed by atoms with Gasteiger partial charge in [0.05, 0.1) is 0 Å². The lowest BCUT2D eigenvalue weighted by Crippen LogP contribution is -2.38. The van der Waals surface area contributed by atoms with Crippen LogP contribution in [0.25, 0.3) is 23.0 Å². The van der Waals surface area contributed by atoms with Gasteiger partial charge in [-0.25, -0.2) is 4.39 Å². The van der Waals surface area contributed by atoms with Crippen molar-refractivity contribution in [1.82, 2.24) is 20.0 Å². The van der Waals surface area contributed by atoms with Crippen LogP contribution in [0.2, 0.25) is 0 Å². The molecule has 0 aliphatic heterocycles. The van der Waals surface area contributed by atoms with Crippen LogP contribution < -0.4 is 5.32 Å². The zero-order valence-electron chi connectivity index (χ0n) is 14.9. The van der Waals surface area contributed by atoms with Crippen LogP contribution in [0.3, 0.4) is 0 Å². The maximum atomic E-state index is 13.1. The van der Waals surface area contributed by atoms with Gasteiger partial charge in [0.2, 0.25) is 11.7 Å². The third kappa shape index (κ3) is 4.07. The standard InChI is InChI=1S/C20H21FN4O2/c21-15-10-8-14(9-11-15)19-23-20(27-24-19)17-7-4-12-25(17)13-18(26)22-16-5-2-1-3-6-16/h4,7-12,16H,1-3,5-6,13H2,(H,22,26). The summed E-state index contributed by atoms with van der Waals surface area (Å²) in [7, 11) is 0. The SMILES string of the molecule is O=C(Cn1cccc1-c1nc(-c2ccc(F)cc2)no1)NC1CCCCC1. The number of benzene rings is 1. The van der Waals surface area contributed by atoms with Gasteiger partial charge < -0.3 is 14.4 Å². The van der Waals surface area contributed by atoms with Gasteiger partial charge in [-0.1, -0.05) is 24.4 Å². The number of nitrogens with zero attached hydrogens (tertiary/aromatic N) is 3. The van der Waals surface area contributed by atoms with Crippen molar-refractivity contribution >= 4 is 5.91 Å². The fraction of sp³-hybridized carbons (Fsp3) is 0.350. The number of hydrogen-bond donors (Lipinski definition) is 1. The van der Waals surface area contributed by atoms with E-state index in [1.807, 2.05) is 18.3 Å². The quantitative estimate of drug-likeness (QED) is 0.744. The Bertz CT molecular complexity index is 910. The lowest BCUT2D eigenvalue weighted by molar-refractivity contribution is -0.122. The third-order valence-corrected chi connectivity index (χ3v) is 4.86. The van der Waals surface area contributed by atoms with Gasteiger partial charge in [-0.3, -0.25) is 4.79 Å². The predicted octanol–water partition coefficient (Wildman–Crippen LogP) is 3.79. The Morgan fingerprint density at radius 3 is 2.74 bits per heavy atom. The van der Waals surface area contributed by atoms with Crippen molar-refractivity contribution < 1.29 is 13.7 Å². The molecule has 7 heteroatoms. The molecule has 0 spiro atoms. The van der Waals surface area contributed by atoms with Crippen molar-refractivity contribution in [3.05, 3.63) is 48.4 Å². The van der Waals surface area contributed by atoms with E-state index in [0.717, 1.165) is 12.8 Å². The first kappa shape index (κ1) is 17.5. The smallest absolute Gasteiger partial charge is 0.274 e. The van der Waals surface area contributed by atoms with E-state index in [9.17, 15) is 9.18 Å². The Morgan fingerprint density at radius 2 is 1.96 bits per heavy atom. The average Bonchev–Trinajstić information content (AvgIpc) is 3.32. The lowest BCUT2D eigenvalue weighted by Gasteiger charge is -2.23. The summed E-state index contributed by atoms with van der Waals surface area (Å²) in [6.45, 7) is 0.201. The van der Waals surface area contributed by atoms with Crippen LogP contribution in [0, 0.1) is 5.82 Å². The molecular formula is C20H21FN4O2. The van der Waals surface area contributed by atoms with E-state index in [1.165, 1.54) is 31.4 Å². The topological polar surface area (TPSA) is 73.0 Å². The molecule has 0 bridgehead atoms. The maximum absolute atomic E-state index is 13.1. The van der Waals surface area contributed by atoms with Crippen LogP contribution in [-0.2, 0) is 11.3 Å². The zero-order valence-corrected chi connectivity index (χ0v) is 14.9. The van der Waals surface area contributed by atoms with Gasteiger partial charge in [-0.2, -0.15) is 4.98 Å². The number of rotatable bonds is 5. The summed E-state index contributed by atoms with van der Waals surface area (Å²) in [6.07, 6.45) is 7.52. The molecule has 0 unspecified atom stereocenters. The highest BCUT2D eigenvalue weighted by Gasteiger charge is 2.18. The summed E-state index contributed by atoms with van der Waals surface area (Å²) in [4.78, 5) is 16.8. The van der Waals surface area contributed by atoms with Crippen molar-refractivity contribution in [2.75, 3.05) is 0 Å². The normalized spacial score (nSPS) is 15.0. The van der Waals surface area contributed by atoms with Gasteiger partial charge >= 0.3 is 0 Å². The molecule has 140 valence electrons. The Kier molecular flexibility index (Phi) is 5.00. The van der Waals surface area contributed by atoms with E-state index in [2.05, 4.69) is 15.5 Å². The Hall–Kier alpha value is -2.96. The van der Waals surface area contributed by atoms with E-state index < -0.39 is 0 Å². The highest BCUT2D eigenvalue weighted by Crippen LogP contribution is 2.23. The Balaban J connectivity index is 1.47. The van der Waals surface area contributed by atoms with Gasteiger partial charge in [-0.05, 0) is 49.2 Å². The van der Waals surface area contributed by atoms with E-state index >= 15 is 0 Å². The second kappa shape index (κ2) is 7.73. The van der Waals surface area contributed by atoms with Crippen LogP contribution in [0.5, 0.6) is 0 Å². The molecule has 3 aromatic rings. The number of aromatic nitrogens is 3. The number of amides is 1. The molecule has 2 heterocycles. The first-order valence-corrected chi connectivity index (χ1v) is 9.23. The fourth-order valence-electron chi connectivity index (χ4n) is 3.46. The van der Waals surface area contributed by atoms with E-state index in [-0.39, 0.29) is 24.3 Å². The Morgan fingerprint density at radius 1 is 1.19 bits per heavy atom. The van der Waals surface area contributed by atoms with Gasteiger partial charge in [0, 0.05) is 17.8 Å². The summed E-state index contributed by atoms with van der Waals surface area (Å²) >= 11 is 0. The molecule has 0 atom stereocenters. The summed E-state index contributed by atoms with van der Waals surface area (Å²) in [5.74, 6) is 0.368. The lowest BCUT2D eigenvalue weighted by atomic mass is 9.95. The third-order valence-electron chi connectivity index (χ3n) is 4.86. The maximum Gasteiger partial charge on any atom is 0.274 e. The summed E-state index contributed by atoms with van der Waals surface area (Å²) in [5, 5.41) is 7.07. The van der Waals surface area contributed by atoms with Crippen molar-refractivity contribution in [3.8, 4) is 23.0 Å². The molecule has 27 heavy (non-hydrogen) atoms. The summed E-state index contributed by atoms with van der Waals surface area (Å²) in [6, 6.07) is 9.84. The average molecular weight is 368 g/mol. The molecule has 0 saturated heterocycles. The van der Waals surface area contributed by atoms with E-state index in [0.29, 0.717) is 23.0 Å². The van der Waals surface area contributed by atoms with Crippen molar-refractivity contribution in [2.24, 2.45) is 0 Å². The van der Waals surface area contributed by atoms with E-state index in [4.69, 9.17) is 4.52 Å². The number of hydrogen-bond acceptors (Lipinski definition) is 4. The molecule has 1 saturated carbocycles. The van der Waals surface area contributed by atoms with Gasteiger partial charge in [0.15, 0.2) is 0 Å². The molecule has 1 aliphatic rings. The van der Waals surface area contributed by atoms with Crippen LogP contribution >= 0.6 is 0 Å². The van der Waals surface area contributed by atoms with Crippen LogP contribution in [0.15, 0.2) is 47.1 Å². The van der Waals surface area contributed by atoms with Crippen LogP contribution in [0.1, 0.15) is 32.1 Å². The molecule has 6 nitrogen and oxygen atoms in total. The largest absolute Gasteiger partial charge is 0.352 e. The summed E-state index contributed by atoms with van der Waals surface area (Å²) in [5.41, 5.74) is 1.34. The molecule has 1 amide bonds.